The summed E-state index contributed by atoms with van der Waals surface area (Å²) in [4.78, 5) is 0. The number of nitrogens with one attached hydrogen (secondary N) is 1. The zero-order valence-corrected chi connectivity index (χ0v) is 10.4. The van der Waals surface area contributed by atoms with Crippen LogP contribution in [0.4, 0.5) is 0 Å². The van der Waals surface area contributed by atoms with E-state index in [4.69, 9.17) is 4.74 Å². The van der Waals surface area contributed by atoms with Crippen LogP contribution in [0.3, 0.4) is 0 Å². The molecular weight excluding hydrogens is 224 g/mol. The topological polar surface area (TPSA) is 45.0 Å². The lowest BCUT2D eigenvalue weighted by molar-refractivity contribution is 0.170. The van der Waals surface area contributed by atoms with Gasteiger partial charge in [-0.1, -0.05) is 30.3 Å². The molecule has 0 amide bonds. The summed E-state index contributed by atoms with van der Waals surface area (Å²) in [7, 11) is 0. The lowest BCUT2D eigenvalue weighted by atomic mass is 9.62. The lowest BCUT2D eigenvalue weighted by Crippen LogP contribution is -2.53. The van der Waals surface area contributed by atoms with E-state index >= 15 is 0 Å². The minimum atomic E-state index is -0.265. The Kier molecular flexibility index (Phi) is 3.07. The Hall–Kier alpha value is -1.37. The average molecular weight is 242 g/mol. The second kappa shape index (κ2) is 4.72. The highest BCUT2D eigenvalue weighted by Crippen LogP contribution is 2.43. The van der Waals surface area contributed by atoms with Crippen LogP contribution < -0.4 is 5.32 Å². The number of ether oxygens (including phenoxy) is 1. The first-order valence-electron chi connectivity index (χ1n) is 6.63. The van der Waals surface area contributed by atoms with Crippen LogP contribution in [0.1, 0.15) is 24.8 Å². The minimum Gasteiger partial charge on any atom is -0.380 e. The van der Waals surface area contributed by atoms with E-state index < -0.39 is 0 Å². The summed E-state index contributed by atoms with van der Waals surface area (Å²) in [6, 6.07) is 13.6. The first-order valence-corrected chi connectivity index (χ1v) is 6.63. The Labute approximate surface area is 108 Å². The third-order valence-electron chi connectivity index (χ3n) is 4.13. The fourth-order valence-corrected chi connectivity index (χ4v) is 3.05. The number of nitrogens with zero attached hydrogens (tertiary/aromatic N) is 1. The lowest BCUT2D eigenvalue weighted by Gasteiger charge is -2.44. The molecule has 3 nitrogen and oxygen atoms in total. The van der Waals surface area contributed by atoms with Crippen LogP contribution in [0.25, 0.3) is 0 Å². The predicted octanol–water partition coefficient (Wildman–Crippen LogP) is 1.99. The van der Waals surface area contributed by atoms with Gasteiger partial charge in [0.2, 0.25) is 0 Å². The van der Waals surface area contributed by atoms with E-state index in [0.717, 1.165) is 38.0 Å². The van der Waals surface area contributed by atoms with Gasteiger partial charge in [-0.25, -0.2) is 0 Å². The maximum atomic E-state index is 9.47. The zero-order valence-electron chi connectivity index (χ0n) is 10.4. The van der Waals surface area contributed by atoms with Gasteiger partial charge in [-0.3, -0.25) is 0 Å². The second-order valence-electron chi connectivity index (χ2n) is 5.39. The highest BCUT2D eigenvalue weighted by Gasteiger charge is 2.46. The maximum absolute atomic E-state index is 9.47. The normalized spacial score (nSPS) is 34.8. The molecule has 0 aromatic heterocycles. The van der Waals surface area contributed by atoms with E-state index in [2.05, 4.69) is 23.5 Å². The van der Waals surface area contributed by atoms with E-state index in [9.17, 15) is 5.26 Å². The molecule has 3 heteroatoms. The van der Waals surface area contributed by atoms with Crippen molar-refractivity contribution in [1.29, 1.82) is 5.26 Å². The molecule has 94 valence electrons. The molecule has 1 N–H and O–H groups in total. The molecular formula is C15H18N2O. The number of benzene rings is 1. The predicted molar refractivity (Wildman–Crippen MR) is 69.1 cm³/mol. The first-order chi connectivity index (χ1) is 8.82. The monoisotopic (exact) mass is 242 g/mol. The van der Waals surface area contributed by atoms with Crippen LogP contribution in [0.15, 0.2) is 30.3 Å². The van der Waals surface area contributed by atoms with Crippen molar-refractivity contribution < 1.29 is 4.74 Å². The van der Waals surface area contributed by atoms with Gasteiger partial charge in [0.1, 0.15) is 0 Å². The highest BCUT2D eigenvalue weighted by molar-refractivity contribution is 5.36. The van der Waals surface area contributed by atoms with Crippen molar-refractivity contribution in [3.63, 3.8) is 0 Å². The highest BCUT2D eigenvalue weighted by atomic mass is 16.5. The fourth-order valence-electron chi connectivity index (χ4n) is 3.05. The standard InChI is InChI=1S/C15H18N2O/c16-11-15(12-4-2-1-3-5-12)8-14(9-15)17-13-6-7-18-10-13/h1-5,13-14,17H,6-10H2. The Morgan fingerprint density at radius 3 is 2.61 bits per heavy atom. The van der Waals surface area contributed by atoms with Gasteiger partial charge >= 0.3 is 0 Å². The fraction of sp³-hybridized carbons (Fsp3) is 0.533. The average Bonchev–Trinajstić information content (AvgIpc) is 2.87. The first kappa shape index (κ1) is 11.7. The van der Waals surface area contributed by atoms with Gasteiger partial charge in [-0.15, -0.1) is 0 Å². The summed E-state index contributed by atoms with van der Waals surface area (Å²) in [5.41, 5.74) is 0.895. The number of rotatable bonds is 3. The van der Waals surface area contributed by atoms with Crippen LogP contribution in [-0.4, -0.2) is 25.3 Å². The van der Waals surface area contributed by atoms with Gasteiger partial charge in [-0.2, -0.15) is 5.26 Å². The third kappa shape index (κ3) is 2.03. The van der Waals surface area contributed by atoms with Crippen molar-refractivity contribution in [2.45, 2.75) is 36.8 Å². The van der Waals surface area contributed by atoms with Crippen molar-refractivity contribution in [3.05, 3.63) is 35.9 Å². The SMILES string of the molecule is N#CC1(c2ccccc2)CC(NC2CCOC2)C1. The maximum Gasteiger partial charge on any atom is 0.0852 e. The molecule has 0 radical (unpaired) electrons. The summed E-state index contributed by atoms with van der Waals surface area (Å²) in [6.07, 6.45) is 2.94. The van der Waals surface area contributed by atoms with Crippen molar-refractivity contribution in [2.24, 2.45) is 0 Å². The molecule has 1 unspecified atom stereocenters. The molecule has 1 heterocycles. The van der Waals surface area contributed by atoms with E-state index in [1.54, 1.807) is 0 Å². The van der Waals surface area contributed by atoms with Gasteiger partial charge in [-0.05, 0) is 24.8 Å². The van der Waals surface area contributed by atoms with E-state index in [-0.39, 0.29) is 5.41 Å². The second-order valence-corrected chi connectivity index (χ2v) is 5.39. The van der Waals surface area contributed by atoms with Crippen molar-refractivity contribution in [3.8, 4) is 6.07 Å². The van der Waals surface area contributed by atoms with Gasteiger partial charge in [0.15, 0.2) is 0 Å². The molecule has 1 atom stereocenters. The Morgan fingerprint density at radius 1 is 1.22 bits per heavy atom. The van der Waals surface area contributed by atoms with E-state index in [1.165, 1.54) is 0 Å². The zero-order chi connectivity index (χ0) is 12.4. The van der Waals surface area contributed by atoms with Crippen LogP contribution in [0.5, 0.6) is 0 Å². The third-order valence-corrected chi connectivity index (χ3v) is 4.13. The van der Waals surface area contributed by atoms with Crippen molar-refractivity contribution >= 4 is 0 Å². The molecule has 1 aliphatic carbocycles. The van der Waals surface area contributed by atoms with Crippen molar-refractivity contribution in [1.82, 2.24) is 5.32 Å². The molecule has 3 rings (SSSR count). The van der Waals surface area contributed by atoms with Gasteiger partial charge in [0, 0.05) is 18.7 Å². The molecule has 0 bridgehead atoms. The van der Waals surface area contributed by atoms with E-state index in [1.807, 2.05) is 18.2 Å². The number of hydrogen-bond donors (Lipinski definition) is 1. The van der Waals surface area contributed by atoms with Gasteiger partial charge < -0.3 is 10.1 Å². The molecule has 0 spiro atoms. The Balaban J connectivity index is 1.63. The molecule has 1 saturated heterocycles. The smallest absolute Gasteiger partial charge is 0.0852 e. The van der Waals surface area contributed by atoms with Crippen molar-refractivity contribution in [2.75, 3.05) is 13.2 Å². The van der Waals surface area contributed by atoms with Gasteiger partial charge in [0.05, 0.1) is 18.1 Å². The molecule has 1 aromatic rings. The van der Waals surface area contributed by atoms with E-state index in [0.29, 0.717) is 12.1 Å². The summed E-state index contributed by atoms with van der Waals surface area (Å²) >= 11 is 0. The summed E-state index contributed by atoms with van der Waals surface area (Å²) in [5, 5.41) is 13.1. The van der Waals surface area contributed by atoms with Gasteiger partial charge in [0.25, 0.3) is 0 Å². The van der Waals surface area contributed by atoms with Crippen LogP contribution in [0, 0.1) is 11.3 Å². The number of nitriles is 1. The van der Waals surface area contributed by atoms with Crippen LogP contribution in [0.2, 0.25) is 0 Å². The quantitative estimate of drug-likeness (QED) is 0.881. The molecule has 2 aliphatic rings. The Morgan fingerprint density at radius 2 is 2.00 bits per heavy atom. The number of hydrogen-bond acceptors (Lipinski definition) is 3. The Bertz CT molecular complexity index is 439. The largest absolute Gasteiger partial charge is 0.380 e. The summed E-state index contributed by atoms with van der Waals surface area (Å²) in [6.45, 7) is 1.69. The van der Waals surface area contributed by atoms with Crippen LogP contribution in [-0.2, 0) is 10.2 Å². The summed E-state index contributed by atoms with van der Waals surface area (Å²) in [5.74, 6) is 0. The minimum absolute atomic E-state index is 0.265. The van der Waals surface area contributed by atoms with Crippen LogP contribution >= 0.6 is 0 Å². The summed E-state index contributed by atoms with van der Waals surface area (Å²) < 4.78 is 5.36. The molecule has 18 heavy (non-hydrogen) atoms. The molecule has 2 fully saturated rings. The molecule has 1 aliphatic heterocycles. The molecule has 1 saturated carbocycles. The molecule has 1 aromatic carbocycles.